The number of halogens is 2. The summed E-state index contributed by atoms with van der Waals surface area (Å²) in [6, 6.07) is 0. The molecule has 4 heteroatoms. The third-order valence-electron chi connectivity index (χ3n) is 1.12. The monoisotopic (exact) mass is 213 g/mol. The van der Waals surface area contributed by atoms with Crippen LogP contribution in [-0.4, -0.2) is 14.8 Å². The average Bonchev–Trinajstić information content (AvgIpc) is 1.27. The second-order valence-electron chi connectivity index (χ2n) is 2.28. The molecule has 0 N–H and O–H groups in total. The Bertz CT molecular complexity index is 77.0. The van der Waals surface area contributed by atoms with Crippen LogP contribution in [0.4, 0.5) is 0 Å². The van der Waals surface area contributed by atoms with Crippen LogP contribution in [-0.2, 0) is 0 Å². The van der Waals surface area contributed by atoms with Crippen molar-refractivity contribution in [2.24, 2.45) is 0 Å². The predicted octanol–water partition coefficient (Wildman–Crippen LogP) is 2.28. The molecule has 0 aromatic rings. The van der Waals surface area contributed by atoms with E-state index in [1.165, 1.54) is 11.3 Å². The summed E-state index contributed by atoms with van der Waals surface area (Å²) in [6.07, 6.45) is 0. The molecule has 0 unspecified atom stereocenters. The van der Waals surface area contributed by atoms with Crippen molar-refractivity contribution in [1.82, 2.24) is 0 Å². The normalized spacial score (nSPS) is 29.6. The standard InChI is InChI=1S/C3H7BrClSi2/c1-7(4)2-6(5)3-7/h2-3H2,1H3. The highest BCUT2D eigenvalue weighted by atomic mass is 79.9. The predicted molar refractivity (Wildman–Crippen MR) is 41.8 cm³/mol. The van der Waals surface area contributed by atoms with Crippen molar-refractivity contribution >= 4 is 41.2 Å². The van der Waals surface area contributed by atoms with Gasteiger partial charge in [-0.05, 0) is 11.3 Å². The summed E-state index contributed by atoms with van der Waals surface area (Å²) in [5, 5.41) is 0. The molecule has 0 aromatic heterocycles. The summed E-state index contributed by atoms with van der Waals surface area (Å²) in [5.41, 5.74) is 2.72. The Morgan fingerprint density at radius 2 is 2.14 bits per heavy atom. The third-order valence-corrected chi connectivity index (χ3v) is 17.5. The van der Waals surface area contributed by atoms with Crippen LogP contribution in [0.2, 0.25) is 17.9 Å². The maximum absolute atomic E-state index is 5.84. The molecule has 1 fully saturated rings. The fraction of sp³-hybridized carbons (Fsp3) is 1.00. The maximum atomic E-state index is 5.84. The Morgan fingerprint density at radius 3 is 2.14 bits per heavy atom. The second kappa shape index (κ2) is 1.86. The van der Waals surface area contributed by atoms with Crippen molar-refractivity contribution in [3.63, 3.8) is 0 Å². The summed E-state index contributed by atoms with van der Waals surface area (Å²) in [7, 11) is -0.313. The number of hydrogen-bond acceptors (Lipinski definition) is 0. The van der Waals surface area contributed by atoms with Gasteiger partial charge in [-0.25, -0.2) is 0 Å². The molecule has 41 valence electrons. The van der Waals surface area contributed by atoms with E-state index in [2.05, 4.69) is 21.8 Å². The largest absolute Gasteiger partial charge is 0.170 e. The molecule has 0 aromatic carbocycles. The van der Waals surface area contributed by atoms with Crippen LogP contribution in [0.25, 0.3) is 0 Å². The molecule has 0 nitrogen and oxygen atoms in total. The van der Waals surface area contributed by atoms with Crippen LogP contribution in [0.15, 0.2) is 0 Å². The van der Waals surface area contributed by atoms with Gasteiger partial charge in [0.15, 0.2) is 8.11 Å². The first kappa shape index (κ1) is 6.33. The first-order chi connectivity index (χ1) is 3.10. The SMILES string of the molecule is C[Si]1(Br)C[Si](Cl)C1. The van der Waals surface area contributed by atoms with Crippen molar-refractivity contribution in [1.29, 1.82) is 0 Å². The second-order valence-corrected chi connectivity index (χ2v) is 16.3. The molecule has 0 spiro atoms. The van der Waals surface area contributed by atoms with Gasteiger partial charge in [-0.15, -0.1) is 15.3 Å². The highest BCUT2D eigenvalue weighted by molar-refractivity contribution is 9.26. The minimum absolute atomic E-state index is 0.313. The molecule has 1 rings (SSSR count). The van der Waals surface area contributed by atoms with E-state index in [-0.39, 0.29) is 8.11 Å². The molecule has 0 aliphatic carbocycles. The molecular weight excluding hydrogens is 208 g/mol. The minimum Gasteiger partial charge on any atom is -0.170 e. The van der Waals surface area contributed by atoms with E-state index < -0.39 is 6.69 Å². The Balaban J connectivity index is 2.29. The van der Waals surface area contributed by atoms with Gasteiger partial charge in [0.1, 0.15) is 6.69 Å². The number of rotatable bonds is 0. The topological polar surface area (TPSA) is 0 Å². The van der Waals surface area contributed by atoms with Gasteiger partial charge >= 0.3 is 0 Å². The minimum atomic E-state index is -0.788. The first-order valence-corrected chi connectivity index (χ1v) is 10.4. The van der Waals surface area contributed by atoms with E-state index in [0.29, 0.717) is 0 Å². The van der Waals surface area contributed by atoms with Gasteiger partial charge in [0, 0.05) is 0 Å². The van der Waals surface area contributed by atoms with Crippen LogP contribution in [0.5, 0.6) is 0 Å². The van der Waals surface area contributed by atoms with Gasteiger partial charge in [-0.2, -0.15) is 11.1 Å². The Morgan fingerprint density at radius 1 is 1.71 bits per heavy atom. The van der Waals surface area contributed by atoms with Crippen molar-refractivity contribution in [2.75, 3.05) is 0 Å². The van der Waals surface area contributed by atoms with E-state index in [1.807, 2.05) is 0 Å². The highest BCUT2D eigenvalue weighted by Crippen LogP contribution is 2.37. The summed E-state index contributed by atoms with van der Waals surface area (Å²) < 4.78 is 0. The van der Waals surface area contributed by atoms with E-state index in [9.17, 15) is 0 Å². The van der Waals surface area contributed by atoms with Crippen LogP contribution in [0, 0.1) is 0 Å². The molecule has 1 radical (unpaired) electrons. The van der Waals surface area contributed by atoms with Crippen molar-refractivity contribution in [2.45, 2.75) is 17.9 Å². The zero-order valence-corrected chi connectivity index (χ0v) is 8.51. The van der Waals surface area contributed by atoms with Crippen molar-refractivity contribution in [3.8, 4) is 0 Å². The zero-order valence-electron chi connectivity index (χ0n) is 4.17. The van der Waals surface area contributed by atoms with Gasteiger partial charge < -0.3 is 0 Å². The summed E-state index contributed by atoms with van der Waals surface area (Å²) >= 11 is 9.52. The van der Waals surface area contributed by atoms with Crippen LogP contribution < -0.4 is 0 Å². The fourth-order valence-electron chi connectivity index (χ4n) is 0.748. The van der Waals surface area contributed by atoms with Crippen molar-refractivity contribution < 1.29 is 0 Å². The molecule has 1 heterocycles. The van der Waals surface area contributed by atoms with E-state index in [0.717, 1.165) is 0 Å². The zero-order chi connectivity index (χ0) is 5.49. The van der Waals surface area contributed by atoms with Crippen LogP contribution >= 0.6 is 26.4 Å². The lowest BCUT2D eigenvalue weighted by Gasteiger charge is -2.32. The molecule has 0 amide bonds. The van der Waals surface area contributed by atoms with Gasteiger partial charge in [0.25, 0.3) is 0 Å². The van der Waals surface area contributed by atoms with Crippen LogP contribution in [0.1, 0.15) is 0 Å². The quantitative estimate of drug-likeness (QED) is 0.429. The van der Waals surface area contributed by atoms with E-state index in [1.54, 1.807) is 0 Å². The van der Waals surface area contributed by atoms with Gasteiger partial charge in [0.2, 0.25) is 0 Å². The summed E-state index contributed by atoms with van der Waals surface area (Å²) in [4.78, 5) is 0. The molecule has 7 heavy (non-hydrogen) atoms. The average molecular weight is 215 g/mol. The molecule has 1 aliphatic rings. The van der Waals surface area contributed by atoms with E-state index in [4.69, 9.17) is 11.1 Å². The third kappa shape index (κ3) is 1.55. The molecule has 1 aliphatic heterocycles. The van der Waals surface area contributed by atoms with E-state index >= 15 is 0 Å². The lowest BCUT2D eigenvalue weighted by Crippen LogP contribution is -2.42. The Kier molecular flexibility index (Phi) is 1.68. The molecule has 0 saturated carbocycles. The molecular formula is C3H7BrClSi2. The maximum Gasteiger partial charge on any atom is 0.161 e. The number of hydrogen-bond donors (Lipinski definition) is 0. The Labute approximate surface area is 59.1 Å². The highest BCUT2D eigenvalue weighted by Gasteiger charge is 2.40. The lowest BCUT2D eigenvalue weighted by molar-refractivity contribution is 1.56. The molecule has 0 atom stereocenters. The fourth-order valence-corrected chi connectivity index (χ4v) is 21.0. The van der Waals surface area contributed by atoms with Crippen molar-refractivity contribution in [3.05, 3.63) is 0 Å². The summed E-state index contributed by atoms with van der Waals surface area (Å²) in [6.45, 7) is 1.55. The molecule has 1 saturated heterocycles. The van der Waals surface area contributed by atoms with Gasteiger partial charge in [0.05, 0.1) is 0 Å². The summed E-state index contributed by atoms with van der Waals surface area (Å²) in [5.74, 6) is 0. The van der Waals surface area contributed by atoms with Crippen LogP contribution in [0.3, 0.4) is 0 Å². The van der Waals surface area contributed by atoms with Gasteiger partial charge in [-0.1, -0.05) is 6.55 Å². The lowest BCUT2D eigenvalue weighted by atomic mass is 11.7. The Hall–Kier alpha value is 1.20. The van der Waals surface area contributed by atoms with Gasteiger partial charge in [-0.3, -0.25) is 0 Å². The molecule has 0 bridgehead atoms. The first-order valence-electron chi connectivity index (χ1n) is 2.29. The smallest absolute Gasteiger partial charge is 0.161 e.